The molecule has 1 heteroatoms. The quantitative estimate of drug-likeness (QED) is 0.589. The van der Waals surface area contributed by atoms with E-state index in [0.717, 1.165) is 6.54 Å². The predicted octanol–water partition coefficient (Wildman–Crippen LogP) is 1.78. The maximum Gasteiger partial charge on any atom is 0.00360 e. The molecule has 8 heavy (non-hydrogen) atoms. The normalized spacial score (nSPS) is 13.9. The Bertz CT molecular complexity index is 43.7. The van der Waals surface area contributed by atoms with Crippen LogP contribution in [-0.4, -0.2) is 12.6 Å². The fraction of sp³-hybridized carbons (Fsp3) is 1.00. The van der Waals surface area contributed by atoms with E-state index in [9.17, 15) is 0 Å². The molecule has 0 radical (unpaired) electrons. The maximum atomic E-state index is 3.38. The average molecular weight is 115 g/mol. The van der Waals surface area contributed by atoms with Crippen LogP contribution in [0.2, 0.25) is 0 Å². The van der Waals surface area contributed by atoms with E-state index in [-0.39, 0.29) is 0 Å². The summed E-state index contributed by atoms with van der Waals surface area (Å²) in [5.74, 6) is 0. The minimum atomic E-state index is 0.704. The molecule has 1 nitrogen and oxygen atoms in total. The maximum absolute atomic E-state index is 3.38. The van der Waals surface area contributed by atoms with Gasteiger partial charge in [0.05, 0.1) is 0 Å². The third-order valence-corrected chi connectivity index (χ3v) is 1.36. The first-order valence-electron chi connectivity index (χ1n) is 3.54. The molecule has 0 fully saturated rings. The summed E-state index contributed by atoms with van der Waals surface area (Å²) in [7, 11) is 0. The van der Waals surface area contributed by atoms with E-state index < -0.39 is 0 Å². The number of hydrogen-bond donors (Lipinski definition) is 1. The van der Waals surface area contributed by atoms with Crippen molar-refractivity contribution in [3.8, 4) is 0 Å². The zero-order valence-corrected chi connectivity index (χ0v) is 6.20. The van der Waals surface area contributed by atoms with Crippen LogP contribution >= 0.6 is 0 Å². The smallest absolute Gasteiger partial charge is 0.00360 e. The Kier molecular flexibility index (Phi) is 5.08. The van der Waals surface area contributed by atoms with E-state index in [0.29, 0.717) is 6.04 Å². The van der Waals surface area contributed by atoms with Gasteiger partial charge in [0.2, 0.25) is 0 Å². The highest BCUT2D eigenvalue weighted by atomic mass is 14.9. The minimum Gasteiger partial charge on any atom is -0.314 e. The molecule has 0 rings (SSSR count). The molecular weight excluding hydrogens is 98.1 g/mol. The molecule has 0 saturated carbocycles. The predicted molar refractivity (Wildman–Crippen MR) is 38.0 cm³/mol. The Morgan fingerprint density at radius 1 is 1.38 bits per heavy atom. The van der Waals surface area contributed by atoms with E-state index in [1.165, 1.54) is 12.8 Å². The van der Waals surface area contributed by atoms with Crippen LogP contribution < -0.4 is 5.32 Å². The molecule has 0 saturated heterocycles. The first kappa shape index (κ1) is 7.96. The van der Waals surface area contributed by atoms with Gasteiger partial charge in [-0.3, -0.25) is 0 Å². The van der Waals surface area contributed by atoms with Gasteiger partial charge in [-0.1, -0.05) is 13.8 Å². The molecule has 0 aromatic carbocycles. The summed E-state index contributed by atoms with van der Waals surface area (Å²) in [5, 5.41) is 3.38. The molecule has 0 aliphatic carbocycles. The highest BCUT2D eigenvalue weighted by Crippen LogP contribution is 1.86. The van der Waals surface area contributed by atoms with E-state index in [4.69, 9.17) is 0 Å². The lowest BCUT2D eigenvalue weighted by atomic mass is 10.2. The molecule has 0 amide bonds. The van der Waals surface area contributed by atoms with E-state index in [1.807, 2.05) is 0 Å². The Morgan fingerprint density at radius 2 is 2.00 bits per heavy atom. The summed E-state index contributed by atoms with van der Waals surface area (Å²) >= 11 is 0. The molecule has 0 bridgehead atoms. The first-order valence-corrected chi connectivity index (χ1v) is 3.54. The van der Waals surface area contributed by atoms with Gasteiger partial charge in [0.15, 0.2) is 0 Å². The van der Waals surface area contributed by atoms with Crippen LogP contribution in [0.15, 0.2) is 0 Å². The lowest BCUT2D eigenvalue weighted by Crippen LogP contribution is -2.25. The van der Waals surface area contributed by atoms with E-state index >= 15 is 0 Å². The van der Waals surface area contributed by atoms with Crippen LogP contribution in [0.1, 0.15) is 33.6 Å². The summed E-state index contributed by atoms with van der Waals surface area (Å²) in [5.41, 5.74) is 0. The number of hydrogen-bond acceptors (Lipinski definition) is 1. The van der Waals surface area contributed by atoms with Gasteiger partial charge in [-0.05, 0) is 26.3 Å². The van der Waals surface area contributed by atoms with Crippen LogP contribution in [0.25, 0.3) is 0 Å². The summed E-state index contributed by atoms with van der Waals surface area (Å²) in [6.45, 7) is 7.77. The lowest BCUT2D eigenvalue weighted by Gasteiger charge is -2.08. The van der Waals surface area contributed by atoms with Crippen LogP contribution in [0.5, 0.6) is 0 Å². The van der Waals surface area contributed by atoms with Crippen molar-refractivity contribution in [1.29, 1.82) is 0 Å². The lowest BCUT2D eigenvalue weighted by molar-refractivity contribution is 0.533. The summed E-state index contributed by atoms with van der Waals surface area (Å²) in [6, 6.07) is 0.704. The zero-order chi connectivity index (χ0) is 6.41. The summed E-state index contributed by atoms with van der Waals surface area (Å²) in [4.78, 5) is 0. The molecule has 0 aliphatic heterocycles. The monoisotopic (exact) mass is 115 g/mol. The summed E-state index contributed by atoms with van der Waals surface area (Å²) in [6.07, 6.45) is 2.48. The van der Waals surface area contributed by atoms with Gasteiger partial charge >= 0.3 is 0 Å². The molecule has 1 N–H and O–H groups in total. The van der Waals surface area contributed by atoms with Crippen LogP contribution in [0, 0.1) is 0 Å². The Morgan fingerprint density at radius 3 is 2.38 bits per heavy atom. The highest BCUT2D eigenvalue weighted by Gasteiger charge is 1.92. The van der Waals surface area contributed by atoms with Gasteiger partial charge in [-0.15, -0.1) is 0 Å². The number of rotatable bonds is 4. The van der Waals surface area contributed by atoms with Crippen molar-refractivity contribution in [1.82, 2.24) is 5.32 Å². The SMILES string of the molecule is CCCN[C@H](C)CC. The van der Waals surface area contributed by atoms with E-state index in [2.05, 4.69) is 26.1 Å². The molecule has 1 atom stereocenters. The Labute approximate surface area is 52.5 Å². The second-order valence-corrected chi connectivity index (χ2v) is 2.26. The molecule has 0 aromatic heterocycles. The highest BCUT2D eigenvalue weighted by molar-refractivity contribution is 4.54. The standard InChI is InChI=1S/C7H17N/c1-4-6-8-7(3)5-2/h7-8H,4-6H2,1-3H3/t7-/m1/s1. The van der Waals surface area contributed by atoms with Crippen molar-refractivity contribution in [2.45, 2.75) is 39.7 Å². The van der Waals surface area contributed by atoms with Gasteiger partial charge in [0.1, 0.15) is 0 Å². The Balaban J connectivity index is 2.86. The van der Waals surface area contributed by atoms with Crippen LogP contribution in [0.3, 0.4) is 0 Å². The second-order valence-electron chi connectivity index (χ2n) is 2.26. The molecule has 0 spiro atoms. The zero-order valence-electron chi connectivity index (χ0n) is 6.20. The average Bonchev–Trinajstić information content (AvgIpc) is 1.83. The fourth-order valence-electron chi connectivity index (χ4n) is 0.535. The Hall–Kier alpha value is -0.0400. The van der Waals surface area contributed by atoms with Crippen molar-refractivity contribution < 1.29 is 0 Å². The molecule has 0 aromatic rings. The molecule has 0 aliphatic rings. The van der Waals surface area contributed by atoms with Gasteiger partial charge < -0.3 is 5.32 Å². The van der Waals surface area contributed by atoms with Gasteiger partial charge in [0.25, 0.3) is 0 Å². The molecule has 0 unspecified atom stereocenters. The third kappa shape index (κ3) is 4.13. The molecular formula is C7H17N. The van der Waals surface area contributed by atoms with Crippen molar-refractivity contribution in [3.63, 3.8) is 0 Å². The largest absolute Gasteiger partial charge is 0.314 e. The van der Waals surface area contributed by atoms with Crippen molar-refractivity contribution >= 4 is 0 Å². The molecule has 50 valence electrons. The van der Waals surface area contributed by atoms with Crippen molar-refractivity contribution in [3.05, 3.63) is 0 Å². The van der Waals surface area contributed by atoms with Crippen molar-refractivity contribution in [2.24, 2.45) is 0 Å². The van der Waals surface area contributed by atoms with Crippen LogP contribution in [0.4, 0.5) is 0 Å². The number of nitrogens with one attached hydrogen (secondary N) is 1. The molecule has 0 heterocycles. The van der Waals surface area contributed by atoms with Gasteiger partial charge in [-0.2, -0.15) is 0 Å². The first-order chi connectivity index (χ1) is 3.81. The van der Waals surface area contributed by atoms with E-state index in [1.54, 1.807) is 0 Å². The van der Waals surface area contributed by atoms with Crippen LogP contribution in [-0.2, 0) is 0 Å². The third-order valence-electron chi connectivity index (χ3n) is 1.36. The summed E-state index contributed by atoms with van der Waals surface area (Å²) < 4.78 is 0. The second kappa shape index (κ2) is 5.10. The van der Waals surface area contributed by atoms with Crippen molar-refractivity contribution in [2.75, 3.05) is 6.54 Å². The fourth-order valence-corrected chi connectivity index (χ4v) is 0.535. The van der Waals surface area contributed by atoms with Gasteiger partial charge in [-0.25, -0.2) is 0 Å². The van der Waals surface area contributed by atoms with Gasteiger partial charge in [0, 0.05) is 6.04 Å². The minimum absolute atomic E-state index is 0.704. The topological polar surface area (TPSA) is 12.0 Å².